The molecule has 2 nitrogen and oxygen atoms in total. The fraction of sp³-hybridized carbons (Fsp3) is 0.625. The summed E-state index contributed by atoms with van der Waals surface area (Å²) in [7, 11) is 2.09. The van der Waals surface area contributed by atoms with Gasteiger partial charge in [-0.25, -0.2) is 4.39 Å². The molecule has 1 fully saturated rings. The predicted octanol–water partition coefficient (Wildman–Crippen LogP) is 3.34. The molecule has 3 heteroatoms. The minimum absolute atomic E-state index is 0.193. The molecule has 2 rings (SSSR count). The van der Waals surface area contributed by atoms with Gasteiger partial charge in [-0.05, 0) is 31.9 Å². The third-order valence-electron chi connectivity index (χ3n) is 4.11. The molecule has 0 radical (unpaired) electrons. The van der Waals surface area contributed by atoms with Crippen LogP contribution in [0, 0.1) is 11.7 Å². The molecule has 1 aromatic carbocycles. The molecule has 0 saturated heterocycles. The van der Waals surface area contributed by atoms with E-state index in [9.17, 15) is 4.39 Å². The first-order valence-electron chi connectivity index (χ1n) is 7.35. The van der Waals surface area contributed by atoms with Crippen molar-refractivity contribution in [2.75, 3.05) is 20.1 Å². The average molecular weight is 264 g/mol. The molecule has 1 saturated carbocycles. The molecule has 0 bridgehead atoms. The summed E-state index contributed by atoms with van der Waals surface area (Å²) in [5, 5.41) is 0. The molecule has 0 aromatic heterocycles. The highest BCUT2D eigenvalue weighted by Crippen LogP contribution is 2.24. The summed E-state index contributed by atoms with van der Waals surface area (Å²) < 4.78 is 13.7. The lowest BCUT2D eigenvalue weighted by molar-refractivity contribution is 0.223. The van der Waals surface area contributed by atoms with Crippen LogP contribution in [0.1, 0.15) is 43.7 Å². The van der Waals surface area contributed by atoms with Gasteiger partial charge in [0.15, 0.2) is 0 Å². The van der Waals surface area contributed by atoms with Crippen molar-refractivity contribution < 1.29 is 4.39 Å². The first-order valence-corrected chi connectivity index (χ1v) is 7.35. The maximum atomic E-state index is 13.7. The summed E-state index contributed by atoms with van der Waals surface area (Å²) in [6, 6.07) is 6.58. The summed E-state index contributed by atoms with van der Waals surface area (Å²) >= 11 is 0. The first-order chi connectivity index (χ1) is 9.16. The van der Waals surface area contributed by atoms with E-state index < -0.39 is 0 Å². The number of likely N-dealkylation sites (N-methyl/N-ethyl adjacent to an activating group) is 1. The van der Waals surface area contributed by atoms with Crippen molar-refractivity contribution in [3.63, 3.8) is 0 Å². The fourth-order valence-electron chi connectivity index (χ4n) is 3.09. The Morgan fingerprint density at radius 3 is 2.63 bits per heavy atom. The number of benzene rings is 1. The van der Waals surface area contributed by atoms with Crippen LogP contribution < -0.4 is 5.73 Å². The summed E-state index contributed by atoms with van der Waals surface area (Å²) in [5.74, 6) is 0.604. The second-order valence-electron chi connectivity index (χ2n) is 5.85. The summed E-state index contributed by atoms with van der Waals surface area (Å²) in [4.78, 5) is 2.26. The molecule has 1 aliphatic rings. The zero-order valence-electron chi connectivity index (χ0n) is 11.8. The maximum absolute atomic E-state index is 13.7. The molecular weight excluding hydrogens is 239 g/mol. The topological polar surface area (TPSA) is 29.3 Å². The van der Waals surface area contributed by atoms with Crippen molar-refractivity contribution in [1.29, 1.82) is 0 Å². The third kappa shape index (κ3) is 4.29. The monoisotopic (exact) mass is 264 g/mol. The van der Waals surface area contributed by atoms with Crippen LogP contribution in [-0.4, -0.2) is 25.0 Å². The van der Waals surface area contributed by atoms with Gasteiger partial charge in [-0.3, -0.25) is 0 Å². The summed E-state index contributed by atoms with van der Waals surface area (Å²) in [6.45, 7) is 1.81. The maximum Gasteiger partial charge on any atom is 0.128 e. The van der Waals surface area contributed by atoms with Gasteiger partial charge in [0.2, 0.25) is 0 Å². The minimum atomic E-state index is -0.241. The van der Waals surface area contributed by atoms with Gasteiger partial charge >= 0.3 is 0 Å². The third-order valence-corrected chi connectivity index (χ3v) is 4.11. The lowest BCUT2D eigenvalue weighted by Gasteiger charge is -2.28. The van der Waals surface area contributed by atoms with Crippen LogP contribution in [-0.2, 0) is 0 Å². The molecular formula is C16H25FN2. The molecule has 0 spiro atoms. The number of hydrogen-bond acceptors (Lipinski definition) is 2. The van der Waals surface area contributed by atoms with E-state index in [1.807, 2.05) is 6.07 Å². The van der Waals surface area contributed by atoms with Crippen LogP contribution in [0.25, 0.3) is 0 Å². The van der Waals surface area contributed by atoms with Gasteiger partial charge in [0.25, 0.3) is 0 Å². The summed E-state index contributed by atoms with van der Waals surface area (Å²) in [5.41, 5.74) is 6.74. The Morgan fingerprint density at radius 1 is 1.26 bits per heavy atom. The van der Waals surface area contributed by atoms with Crippen molar-refractivity contribution in [2.24, 2.45) is 11.7 Å². The minimum Gasteiger partial charge on any atom is -0.323 e. The molecule has 0 heterocycles. The van der Waals surface area contributed by atoms with Crippen molar-refractivity contribution in [1.82, 2.24) is 4.90 Å². The normalized spacial score (nSPS) is 18.7. The molecule has 0 amide bonds. The fourth-order valence-corrected chi connectivity index (χ4v) is 3.09. The molecule has 1 atom stereocenters. The Bertz CT molecular complexity index is 388. The molecule has 1 aromatic rings. The van der Waals surface area contributed by atoms with Crippen LogP contribution in [0.15, 0.2) is 24.3 Å². The lowest BCUT2D eigenvalue weighted by atomic mass is 9.89. The Hall–Kier alpha value is -0.930. The lowest BCUT2D eigenvalue weighted by Crippen LogP contribution is -2.33. The van der Waals surface area contributed by atoms with E-state index in [2.05, 4.69) is 11.9 Å². The van der Waals surface area contributed by atoms with Gasteiger partial charge in [0.05, 0.1) is 0 Å². The smallest absolute Gasteiger partial charge is 0.128 e. The van der Waals surface area contributed by atoms with Gasteiger partial charge in [-0.1, -0.05) is 37.5 Å². The van der Waals surface area contributed by atoms with Crippen LogP contribution in [0.3, 0.4) is 0 Å². The standard InChI is InChI=1S/C16H25FN2/c1-19(11-13-7-3-2-4-8-13)12-16(18)14-9-5-6-10-15(14)17/h5-6,9-10,13,16H,2-4,7-8,11-12,18H2,1H3. The number of rotatable bonds is 5. The molecule has 106 valence electrons. The van der Waals surface area contributed by atoms with Crippen LogP contribution in [0.4, 0.5) is 4.39 Å². The largest absolute Gasteiger partial charge is 0.323 e. The van der Waals surface area contributed by atoms with Crippen molar-refractivity contribution >= 4 is 0 Å². The van der Waals surface area contributed by atoms with E-state index in [1.165, 1.54) is 38.2 Å². The zero-order chi connectivity index (χ0) is 13.7. The predicted molar refractivity (Wildman–Crippen MR) is 77.4 cm³/mol. The van der Waals surface area contributed by atoms with Gasteiger partial charge in [-0.2, -0.15) is 0 Å². The van der Waals surface area contributed by atoms with Gasteiger partial charge in [0.1, 0.15) is 5.82 Å². The second-order valence-corrected chi connectivity index (χ2v) is 5.85. The van der Waals surface area contributed by atoms with E-state index in [0.29, 0.717) is 5.56 Å². The molecule has 1 unspecified atom stereocenters. The quantitative estimate of drug-likeness (QED) is 0.884. The molecule has 2 N–H and O–H groups in total. The number of hydrogen-bond donors (Lipinski definition) is 1. The van der Waals surface area contributed by atoms with Crippen LogP contribution in [0.5, 0.6) is 0 Å². The Kier molecular flexibility index (Phi) is 5.34. The molecule has 1 aliphatic carbocycles. The van der Waals surface area contributed by atoms with Crippen LogP contribution in [0.2, 0.25) is 0 Å². The number of halogens is 1. The Labute approximate surface area is 115 Å². The summed E-state index contributed by atoms with van der Waals surface area (Å²) in [6.07, 6.45) is 6.77. The highest BCUT2D eigenvalue weighted by Gasteiger charge is 2.18. The molecule has 19 heavy (non-hydrogen) atoms. The van der Waals surface area contributed by atoms with Crippen LogP contribution >= 0.6 is 0 Å². The average Bonchev–Trinajstić information content (AvgIpc) is 2.40. The van der Waals surface area contributed by atoms with Gasteiger partial charge in [-0.15, -0.1) is 0 Å². The number of nitrogens with two attached hydrogens (primary N) is 1. The highest BCUT2D eigenvalue weighted by molar-refractivity contribution is 5.21. The number of nitrogens with zero attached hydrogens (tertiary/aromatic N) is 1. The Balaban J connectivity index is 1.84. The molecule has 0 aliphatic heterocycles. The van der Waals surface area contributed by atoms with E-state index in [4.69, 9.17) is 5.73 Å². The van der Waals surface area contributed by atoms with Crippen molar-refractivity contribution in [3.8, 4) is 0 Å². The SMILES string of the molecule is CN(CC1CCCCC1)CC(N)c1ccccc1F. The second kappa shape index (κ2) is 7.01. The van der Waals surface area contributed by atoms with E-state index in [0.717, 1.165) is 19.0 Å². The van der Waals surface area contributed by atoms with Gasteiger partial charge in [0, 0.05) is 24.7 Å². The van der Waals surface area contributed by atoms with E-state index >= 15 is 0 Å². The highest BCUT2D eigenvalue weighted by atomic mass is 19.1. The Morgan fingerprint density at radius 2 is 1.95 bits per heavy atom. The van der Waals surface area contributed by atoms with Crippen molar-refractivity contribution in [2.45, 2.75) is 38.1 Å². The van der Waals surface area contributed by atoms with E-state index in [-0.39, 0.29) is 11.9 Å². The first kappa shape index (κ1) is 14.5. The van der Waals surface area contributed by atoms with Crippen molar-refractivity contribution in [3.05, 3.63) is 35.6 Å². The van der Waals surface area contributed by atoms with Gasteiger partial charge < -0.3 is 10.6 Å². The zero-order valence-corrected chi connectivity index (χ0v) is 11.8. The van der Waals surface area contributed by atoms with E-state index in [1.54, 1.807) is 12.1 Å².